The Morgan fingerprint density at radius 3 is 2.62 bits per heavy atom. The Hall–Kier alpha value is -1.83. The van der Waals surface area contributed by atoms with E-state index in [-0.39, 0.29) is 30.8 Å². The molecule has 1 aliphatic rings. The van der Waals surface area contributed by atoms with Gasteiger partial charge in [0, 0.05) is 39.1 Å². The summed E-state index contributed by atoms with van der Waals surface area (Å²) in [6.45, 7) is 6.77. The highest BCUT2D eigenvalue weighted by molar-refractivity contribution is 5.93. The van der Waals surface area contributed by atoms with Gasteiger partial charge in [-0.1, -0.05) is 19.1 Å². The minimum Gasteiger partial charge on any atom is -0.495 e. The number of methoxy groups -OCH3 is 1. The third-order valence-corrected chi connectivity index (χ3v) is 4.31. The monoisotopic (exact) mass is 384 g/mol. The van der Waals surface area contributed by atoms with Gasteiger partial charge >= 0.3 is 0 Å². The molecule has 146 valence electrons. The van der Waals surface area contributed by atoms with E-state index in [4.69, 9.17) is 4.74 Å². The predicted octanol–water partition coefficient (Wildman–Crippen LogP) is 1.20. The summed E-state index contributed by atoms with van der Waals surface area (Å²) in [5.41, 5.74) is 0.656. The molecule has 1 saturated heterocycles. The molecule has 7 nitrogen and oxygen atoms in total. The number of piperazine rings is 1. The van der Waals surface area contributed by atoms with Crippen molar-refractivity contribution < 1.29 is 14.3 Å². The van der Waals surface area contributed by atoms with Gasteiger partial charge in [-0.15, -0.1) is 12.4 Å². The van der Waals surface area contributed by atoms with E-state index in [2.05, 4.69) is 10.6 Å². The molecule has 0 bridgehead atoms. The van der Waals surface area contributed by atoms with Crippen molar-refractivity contribution in [3.63, 3.8) is 0 Å². The molecular formula is C18H29ClN4O3. The van der Waals surface area contributed by atoms with E-state index >= 15 is 0 Å². The molecule has 1 aromatic carbocycles. The number of hydrogen-bond donors (Lipinski definition) is 2. The summed E-state index contributed by atoms with van der Waals surface area (Å²) in [7, 11) is 1.57. The third-order valence-electron chi connectivity index (χ3n) is 4.31. The first-order valence-corrected chi connectivity index (χ1v) is 8.77. The van der Waals surface area contributed by atoms with Crippen molar-refractivity contribution in [2.24, 2.45) is 0 Å². The average Bonchev–Trinajstić information content (AvgIpc) is 2.65. The first-order valence-electron chi connectivity index (χ1n) is 8.77. The molecule has 0 aliphatic carbocycles. The fourth-order valence-corrected chi connectivity index (χ4v) is 2.82. The van der Waals surface area contributed by atoms with Gasteiger partial charge in [-0.2, -0.15) is 0 Å². The van der Waals surface area contributed by atoms with Crippen molar-refractivity contribution in [1.82, 2.24) is 15.1 Å². The number of carbonyl (C=O) groups is 2. The summed E-state index contributed by atoms with van der Waals surface area (Å²) in [5.74, 6) is 0.679. The molecule has 1 fully saturated rings. The lowest BCUT2D eigenvalue weighted by molar-refractivity contribution is -0.132. The highest BCUT2D eigenvalue weighted by Crippen LogP contribution is 2.22. The molecule has 0 saturated carbocycles. The molecular weight excluding hydrogens is 356 g/mol. The number of amides is 2. The lowest BCUT2D eigenvalue weighted by atomic mass is 10.2. The highest BCUT2D eigenvalue weighted by Gasteiger charge is 2.18. The standard InChI is InChI=1S/C18H28N4O3.ClH/c1-3-21(11-8-18(24)22-12-9-19-10-13-22)14-17(23)20-15-6-4-5-7-16(15)25-2;/h4-7,19H,3,8-14H2,1-2H3,(H,20,23);1H. The molecule has 0 atom stereocenters. The second-order valence-corrected chi connectivity index (χ2v) is 6.00. The minimum absolute atomic E-state index is 0. The van der Waals surface area contributed by atoms with E-state index in [1.807, 2.05) is 28.9 Å². The number of ether oxygens (including phenoxy) is 1. The quantitative estimate of drug-likeness (QED) is 0.704. The van der Waals surface area contributed by atoms with Gasteiger partial charge in [0.05, 0.1) is 19.3 Å². The number of para-hydroxylation sites is 2. The van der Waals surface area contributed by atoms with E-state index in [1.54, 1.807) is 19.2 Å². The highest BCUT2D eigenvalue weighted by atomic mass is 35.5. The molecule has 1 aromatic rings. The number of nitrogens with one attached hydrogen (secondary N) is 2. The summed E-state index contributed by atoms with van der Waals surface area (Å²) >= 11 is 0. The third kappa shape index (κ3) is 6.82. The van der Waals surface area contributed by atoms with Gasteiger partial charge < -0.3 is 20.3 Å². The molecule has 2 amide bonds. The number of halogens is 1. The van der Waals surface area contributed by atoms with Gasteiger partial charge in [0.25, 0.3) is 0 Å². The molecule has 0 unspecified atom stereocenters. The van der Waals surface area contributed by atoms with Crippen LogP contribution in [0.15, 0.2) is 24.3 Å². The summed E-state index contributed by atoms with van der Waals surface area (Å²) in [4.78, 5) is 28.4. The first-order chi connectivity index (χ1) is 12.1. The Bertz CT molecular complexity index is 579. The van der Waals surface area contributed by atoms with Crippen LogP contribution < -0.4 is 15.4 Å². The maximum Gasteiger partial charge on any atom is 0.238 e. The number of carbonyl (C=O) groups excluding carboxylic acids is 2. The fourth-order valence-electron chi connectivity index (χ4n) is 2.82. The summed E-state index contributed by atoms with van der Waals surface area (Å²) in [6.07, 6.45) is 0.440. The lowest BCUT2D eigenvalue weighted by Gasteiger charge is -2.28. The van der Waals surface area contributed by atoms with Crippen LogP contribution in [0.1, 0.15) is 13.3 Å². The van der Waals surface area contributed by atoms with Gasteiger partial charge in [0.15, 0.2) is 0 Å². The van der Waals surface area contributed by atoms with Crippen LogP contribution in [0.25, 0.3) is 0 Å². The normalized spacial score (nSPS) is 13.9. The minimum atomic E-state index is -0.110. The van der Waals surface area contributed by atoms with Gasteiger partial charge in [0.2, 0.25) is 11.8 Å². The number of rotatable bonds is 8. The second-order valence-electron chi connectivity index (χ2n) is 6.00. The van der Waals surface area contributed by atoms with Gasteiger partial charge in [-0.25, -0.2) is 0 Å². The maximum absolute atomic E-state index is 12.3. The molecule has 1 aliphatic heterocycles. The number of anilines is 1. The Kier molecular flexibility index (Phi) is 10.0. The zero-order valence-electron chi connectivity index (χ0n) is 15.5. The predicted molar refractivity (Wildman–Crippen MR) is 105 cm³/mol. The van der Waals surface area contributed by atoms with Crippen LogP contribution in [-0.4, -0.2) is 74.5 Å². The average molecular weight is 385 g/mol. The van der Waals surface area contributed by atoms with E-state index in [0.717, 1.165) is 26.2 Å². The molecule has 26 heavy (non-hydrogen) atoms. The van der Waals surface area contributed by atoms with E-state index in [0.29, 0.717) is 30.9 Å². The lowest BCUT2D eigenvalue weighted by Crippen LogP contribution is -2.47. The van der Waals surface area contributed by atoms with Gasteiger partial charge in [-0.05, 0) is 18.7 Å². The Balaban J connectivity index is 0.00000338. The Morgan fingerprint density at radius 2 is 1.96 bits per heavy atom. The number of nitrogens with zero attached hydrogens (tertiary/aromatic N) is 2. The van der Waals surface area contributed by atoms with Crippen molar-refractivity contribution in [1.29, 1.82) is 0 Å². The zero-order valence-corrected chi connectivity index (χ0v) is 16.3. The smallest absolute Gasteiger partial charge is 0.238 e. The summed E-state index contributed by atoms with van der Waals surface area (Å²) in [6, 6.07) is 7.32. The van der Waals surface area contributed by atoms with Crippen LogP contribution in [0.3, 0.4) is 0 Å². The van der Waals surface area contributed by atoms with Gasteiger partial charge in [0.1, 0.15) is 5.75 Å². The van der Waals surface area contributed by atoms with E-state index in [1.165, 1.54) is 0 Å². The van der Waals surface area contributed by atoms with Crippen molar-refractivity contribution in [3.8, 4) is 5.75 Å². The molecule has 2 rings (SSSR count). The van der Waals surface area contributed by atoms with Crippen LogP contribution in [0, 0.1) is 0 Å². The second kappa shape index (κ2) is 11.7. The maximum atomic E-state index is 12.3. The van der Waals surface area contributed by atoms with Crippen LogP contribution in [0.2, 0.25) is 0 Å². The van der Waals surface area contributed by atoms with E-state index < -0.39 is 0 Å². The van der Waals surface area contributed by atoms with Crippen LogP contribution in [0.4, 0.5) is 5.69 Å². The molecule has 0 aromatic heterocycles. The Labute approximate surface area is 161 Å². The molecule has 0 spiro atoms. The van der Waals surface area contributed by atoms with E-state index in [9.17, 15) is 9.59 Å². The zero-order chi connectivity index (χ0) is 18.1. The molecule has 1 heterocycles. The van der Waals surface area contributed by atoms with Crippen molar-refractivity contribution in [2.45, 2.75) is 13.3 Å². The van der Waals surface area contributed by atoms with Crippen molar-refractivity contribution in [3.05, 3.63) is 24.3 Å². The fraction of sp³-hybridized carbons (Fsp3) is 0.556. The number of likely N-dealkylation sites (N-methyl/N-ethyl adjacent to an activating group) is 1. The number of benzene rings is 1. The van der Waals surface area contributed by atoms with Crippen molar-refractivity contribution >= 4 is 29.9 Å². The largest absolute Gasteiger partial charge is 0.495 e. The number of hydrogen-bond acceptors (Lipinski definition) is 5. The SMILES string of the molecule is CCN(CCC(=O)N1CCNCC1)CC(=O)Nc1ccccc1OC.Cl. The van der Waals surface area contributed by atoms with Crippen LogP contribution in [-0.2, 0) is 9.59 Å². The first kappa shape index (κ1) is 22.2. The summed E-state index contributed by atoms with van der Waals surface area (Å²) < 4.78 is 5.24. The van der Waals surface area contributed by atoms with Crippen molar-refractivity contribution in [2.75, 3.05) is 58.2 Å². The summed E-state index contributed by atoms with van der Waals surface area (Å²) in [5, 5.41) is 6.10. The molecule has 0 radical (unpaired) electrons. The van der Waals surface area contributed by atoms with Crippen LogP contribution in [0.5, 0.6) is 5.75 Å². The van der Waals surface area contributed by atoms with Gasteiger partial charge in [-0.3, -0.25) is 14.5 Å². The van der Waals surface area contributed by atoms with Crippen LogP contribution >= 0.6 is 12.4 Å². The topological polar surface area (TPSA) is 73.9 Å². The molecule has 8 heteroatoms. The Morgan fingerprint density at radius 1 is 1.27 bits per heavy atom. The molecule has 2 N–H and O–H groups in total.